The van der Waals surface area contributed by atoms with Gasteiger partial charge in [-0.3, -0.25) is 14.5 Å². The molecule has 0 bridgehead atoms. The topological polar surface area (TPSA) is 112 Å². The van der Waals surface area contributed by atoms with E-state index >= 15 is 0 Å². The zero-order valence-corrected chi connectivity index (χ0v) is 22.2. The lowest BCUT2D eigenvalue weighted by molar-refractivity contribution is 0.0987. The number of rotatable bonds is 8. The summed E-state index contributed by atoms with van der Waals surface area (Å²) in [4.78, 5) is 32.1. The maximum atomic E-state index is 13.2. The number of carbonyl (C=O) groups is 2. The van der Waals surface area contributed by atoms with Gasteiger partial charge in [0.05, 0.1) is 17.2 Å². The zero-order valence-electron chi connectivity index (χ0n) is 22.2. The Hall–Kier alpha value is -4.80. The number of nitrogens with two attached hydrogens (primary N) is 1. The van der Waals surface area contributed by atoms with Crippen LogP contribution in [0.15, 0.2) is 91.1 Å². The average molecular weight is 530 g/mol. The highest BCUT2D eigenvalue weighted by Gasteiger charge is 2.26. The summed E-state index contributed by atoms with van der Waals surface area (Å²) >= 11 is 0. The van der Waals surface area contributed by atoms with Crippen LogP contribution in [0.25, 0.3) is 0 Å². The van der Waals surface area contributed by atoms with Crippen LogP contribution in [-0.4, -0.2) is 34.8 Å². The van der Waals surface area contributed by atoms with Crippen LogP contribution in [-0.2, 0) is 13.0 Å². The van der Waals surface area contributed by atoms with Crippen molar-refractivity contribution in [3.05, 3.63) is 130 Å². The van der Waals surface area contributed by atoms with Crippen molar-refractivity contribution in [2.45, 2.75) is 31.7 Å². The number of piperidine rings is 1. The fraction of sp³-hybridized carbons (Fsp3) is 0.212. The van der Waals surface area contributed by atoms with Crippen LogP contribution in [0.1, 0.15) is 67.4 Å². The Morgan fingerprint density at radius 3 is 2.35 bits per heavy atom. The van der Waals surface area contributed by atoms with Crippen molar-refractivity contribution in [3.8, 4) is 6.07 Å². The molecule has 5 rings (SSSR count). The Balaban J connectivity index is 1.26. The van der Waals surface area contributed by atoms with E-state index in [4.69, 9.17) is 11.0 Å². The summed E-state index contributed by atoms with van der Waals surface area (Å²) in [5.74, 6) is -0.787. The number of nitriles is 1. The molecular weight excluding hydrogens is 498 g/mol. The van der Waals surface area contributed by atoms with E-state index in [-0.39, 0.29) is 17.5 Å². The number of nitrogens with one attached hydrogen (secondary N) is 1. The second-order valence-electron chi connectivity index (χ2n) is 10.2. The number of hydrogen-bond acceptors (Lipinski definition) is 5. The third-order valence-electron chi connectivity index (χ3n) is 7.37. The third-order valence-corrected chi connectivity index (χ3v) is 7.37. The van der Waals surface area contributed by atoms with Crippen LogP contribution in [0.4, 0.5) is 5.69 Å². The Bertz CT molecular complexity index is 1540. The van der Waals surface area contributed by atoms with Crippen molar-refractivity contribution in [3.63, 3.8) is 0 Å². The normalized spacial score (nSPS) is 13.9. The largest absolute Gasteiger partial charge is 0.364 e. The number of benzene rings is 3. The Kier molecular flexibility index (Phi) is 8.29. The number of pyridine rings is 1. The van der Waals surface area contributed by atoms with Gasteiger partial charge in [0.1, 0.15) is 5.69 Å². The van der Waals surface area contributed by atoms with Gasteiger partial charge in [-0.15, -0.1) is 0 Å². The van der Waals surface area contributed by atoms with Crippen LogP contribution in [0.3, 0.4) is 0 Å². The molecule has 1 aromatic heterocycles. The zero-order chi connectivity index (χ0) is 27.9. The van der Waals surface area contributed by atoms with Gasteiger partial charge in [0.25, 0.3) is 11.8 Å². The molecule has 200 valence electrons. The number of nitrogens with zero attached hydrogens (tertiary/aromatic N) is 3. The fourth-order valence-electron chi connectivity index (χ4n) is 5.26. The summed E-state index contributed by atoms with van der Waals surface area (Å²) in [6, 6.07) is 29.6. The summed E-state index contributed by atoms with van der Waals surface area (Å²) in [5.41, 5.74) is 11.8. The molecule has 7 heteroatoms. The first-order valence-corrected chi connectivity index (χ1v) is 13.4. The Labute approximate surface area is 234 Å². The van der Waals surface area contributed by atoms with Gasteiger partial charge in [-0.05, 0) is 90.9 Å². The summed E-state index contributed by atoms with van der Waals surface area (Å²) < 4.78 is 0. The standard InChI is InChI=1S/C33H31N5O2/c34-20-24-9-11-25(12-10-24)22-38-15-13-27(14-16-38)30-19-28(21-36-31(30)32(35)39)33(40)37-29-8-4-7-26(18-29)17-23-5-2-1-3-6-23/h1-12,18-19,21,27H,13-17,22H2,(H2,35,39)(H,37,40). The molecule has 0 radical (unpaired) electrons. The minimum Gasteiger partial charge on any atom is -0.364 e. The molecule has 1 fully saturated rings. The molecule has 2 amide bonds. The van der Waals surface area contributed by atoms with Crippen molar-refractivity contribution in [2.24, 2.45) is 5.73 Å². The van der Waals surface area contributed by atoms with Gasteiger partial charge in [0, 0.05) is 18.4 Å². The van der Waals surface area contributed by atoms with Crippen LogP contribution < -0.4 is 11.1 Å². The van der Waals surface area contributed by atoms with E-state index in [2.05, 4.69) is 33.4 Å². The first-order chi connectivity index (χ1) is 19.5. The van der Waals surface area contributed by atoms with Crippen LogP contribution >= 0.6 is 0 Å². The monoisotopic (exact) mass is 529 g/mol. The van der Waals surface area contributed by atoms with Gasteiger partial charge in [0.2, 0.25) is 0 Å². The number of primary amides is 1. The number of likely N-dealkylation sites (tertiary alicyclic amines) is 1. The van der Waals surface area contributed by atoms with Gasteiger partial charge in [-0.1, -0.05) is 54.6 Å². The lowest BCUT2D eigenvalue weighted by Crippen LogP contribution is -2.33. The lowest BCUT2D eigenvalue weighted by Gasteiger charge is -2.32. The molecule has 2 heterocycles. The molecule has 0 saturated carbocycles. The van der Waals surface area contributed by atoms with Gasteiger partial charge in [-0.2, -0.15) is 5.26 Å². The van der Waals surface area contributed by atoms with Gasteiger partial charge >= 0.3 is 0 Å². The number of hydrogen-bond donors (Lipinski definition) is 2. The highest BCUT2D eigenvalue weighted by Crippen LogP contribution is 2.31. The van der Waals surface area contributed by atoms with E-state index in [1.165, 1.54) is 11.8 Å². The lowest BCUT2D eigenvalue weighted by atomic mass is 9.87. The highest BCUT2D eigenvalue weighted by molar-refractivity contribution is 6.05. The summed E-state index contributed by atoms with van der Waals surface area (Å²) in [6.07, 6.45) is 3.84. The SMILES string of the molecule is N#Cc1ccc(CN2CCC(c3cc(C(=O)Nc4cccc(Cc5ccccc5)c4)cnc3C(N)=O)CC2)cc1. The van der Waals surface area contributed by atoms with Crippen molar-refractivity contribution < 1.29 is 9.59 Å². The van der Waals surface area contributed by atoms with Gasteiger partial charge in [-0.25, -0.2) is 4.98 Å². The molecule has 0 atom stereocenters. The van der Waals surface area contributed by atoms with E-state index < -0.39 is 5.91 Å². The molecule has 1 aliphatic rings. The third kappa shape index (κ3) is 6.60. The molecule has 0 unspecified atom stereocenters. The maximum Gasteiger partial charge on any atom is 0.267 e. The number of anilines is 1. The van der Waals surface area contributed by atoms with Crippen LogP contribution in [0.2, 0.25) is 0 Å². The summed E-state index contributed by atoms with van der Waals surface area (Å²) in [7, 11) is 0. The molecule has 3 N–H and O–H groups in total. The highest BCUT2D eigenvalue weighted by atomic mass is 16.2. The Morgan fingerprint density at radius 1 is 0.925 bits per heavy atom. The maximum absolute atomic E-state index is 13.2. The van der Waals surface area contributed by atoms with E-state index in [1.807, 2.05) is 66.7 Å². The molecule has 4 aromatic rings. The van der Waals surface area contributed by atoms with Crippen LogP contribution in [0.5, 0.6) is 0 Å². The summed E-state index contributed by atoms with van der Waals surface area (Å²) in [6.45, 7) is 2.48. The minimum atomic E-state index is -0.587. The van der Waals surface area contributed by atoms with Crippen molar-refractivity contribution in [1.29, 1.82) is 5.26 Å². The fourth-order valence-corrected chi connectivity index (χ4v) is 5.26. The Morgan fingerprint density at radius 2 is 1.65 bits per heavy atom. The van der Waals surface area contributed by atoms with E-state index in [9.17, 15) is 9.59 Å². The van der Waals surface area contributed by atoms with E-state index in [0.29, 0.717) is 16.8 Å². The number of carbonyl (C=O) groups excluding carboxylic acids is 2. The molecule has 1 aliphatic heterocycles. The molecule has 0 spiro atoms. The predicted octanol–water partition coefficient (Wildman–Crippen LogP) is 5.27. The second-order valence-corrected chi connectivity index (χ2v) is 10.2. The quantitative estimate of drug-likeness (QED) is 0.323. The van der Waals surface area contributed by atoms with Crippen molar-refractivity contribution in [1.82, 2.24) is 9.88 Å². The second kappa shape index (κ2) is 12.4. The van der Waals surface area contributed by atoms with Crippen LogP contribution in [0, 0.1) is 11.3 Å². The minimum absolute atomic E-state index is 0.0779. The molecule has 3 aromatic carbocycles. The van der Waals surface area contributed by atoms with E-state index in [0.717, 1.165) is 55.6 Å². The number of amides is 2. The molecule has 40 heavy (non-hydrogen) atoms. The summed E-state index contributed by atoms with van der Waals surface area (Å²) in [5, 5.41) is 12.0. The smallest absolute Gasteiger partial charge is 0.267 e. The average Bonchev–Trinajstić information content (AvgIpc) is 2.98. The van der Waals surface area contributed by atoms with Crippen molar-refractivity contribution >= 4 is 17.5 Å². The first kappa shape index (κ1) is 26.8. The number of aromatic nitrogens is 1. The molecule has 7 nitrogen and oxygen atoms in total. The van der Waals surface area contributed by atoms with Gasteiger partial charge < -0.3 is 11.1 Å². The molecule has 0 aliphatic carbocycles. The van der Waals surface area contributed by atoms with Gasteiger partial charge in [0.15, 0.2) is 0 Å². The molecule has 1 saturated heterocycles. The first-order valence-electron chi connectivity index (χ1n) is 13.4. The van der Waals surface area contributed by atoms with Crippen molar-refractivity contribution in [2.75, 3.05) is 18.4 Å². The predicted molar refractivity (Wildman–Crippen MR) is 155 cm³/mol. The molecular formula is C33H31N5O2. The van der Waals surface area contributed by atoms with E-state index in [1.54, 1.807) is 6.07 Å².